The highest BCUT2D eigenvalue weighted by molar-refractivity contribution is 6.12. The number of alkyl halides is 3. The maximum Gasteiger partial charge on any atom is 0.410 e. The molecule has 3 aromatic rings. The summed E-state index contributed by atoms with van der Waals surface area (Å²) < 4.78 is 45.5. The Hall–Kier alpha value is -4.99. The number of likely N-dealkylation sites (tertiary alicyclic amines) is 2. The molecule has 5 rings (SSSR count). The number of nitrogens with zero attached hydrogens (tertiary/aromatic N) is 6. The zero-order valence-corrected chi connectivity index (χ0v) is 31.8. The lowest BCUT2D eigenvalue weighted by Crippen LogP contribution is -2.51. The molecule has 0 bridgehead atoms. The number of aliphatic imine (C=N–C) groups is 1. The SMILES string of the molecule is Cc1cc(-c2ccc(NC3CCN(C4CCN(C(=O)OC(C)(C)C)CC4)CC3)nc2)ccc1N=C/C(=C\N)C(=O)NCc1nc(C(C)(C)C(F)(F)F)n[nH]1. The van der Waals surface area contributed by atoms with Gasteiger partial charge in [0.15, 0.2) is 5.82 Å². The zero-order valence-electron chi connectivity index (χ0n) is 31.8. The van der Waals surface area contributed by atoms with Crippen LogP contribution in [0.4, 0.5) is 29.5 Å². The van der Waals surface area contributed by atoms with Gasteiger partial charge in [-0.15, -0.1) is 0 Å². The van der Waals surface area contributed by atoms with Gasteiger partial charge in [-0.25, -0.2) is 14.8 Å². The Balaban J connectivity index is 1.08. The van der Waals surface area contributed by atoms with Gasteiger partial charge in [0.05, 0.1) is 17.8 Å². The fourth-order valence-corrected chi connectivity index (χ4v) is 6.35. The van der Waals surface area contributed by atoms with Crippen LogP contribution in [0, 0.1) is 6.92 Å². The van der Waals surface area contributed by atoms with E-state index in [0.717, 1.165) is 94.4 Å². The standard InChI is InChI=1S/C38H51F3N10O3/c1-24-19-25(7-9-30(24)43-22-27(20-42)33(52)45-23-32-47-34(49-48-32)37(5,6)38(39,40)41)26-8-10-31(44-21-26)46-28-11-15-50(16-12-28)29-13-17-51(18-14-29)35(53)54-36(2,3)4/h7-10,19-22,28-29H,11-18,23,42H2,1-6H3,(H,44,46)(H,45,52)(H,47,48,49)/b27-20+,43-22?. The highest BCUT2D eigenvalue weighted by Gasteiger charge is 2.51. The molecule has 0 spiro atoms. The Bertz CT molecular complexity index is 1820. The number of halogens is 3. The first-order chi connectivity index (χ1) is 25.4. The van der Waals surface area contributed by atoms with Crippen LogP contribution < -0.4 is 16.4 Å². The smallest absolute Gasteiger partial charge is 0.410 e. The number of ether oxygens (including phenoxy) is 1. The zero-order chi connectivity index (χ0) is 39.3. The number of nitrogens with two attached hydrogens (primary N) is 1. The van der Waals surface area contributed by atoms with Crippen molar-refractivity contribution in [2.75, 3.05) is 31.5 Å². The van der Waals surface area contributed by atoms with Gasteiger partial charge in [0, 0.05) is 62.4 Å². The molecule has 0 radical (unpaired) electrons. The predicted molar refractivity (Wildman–Crippen MR) is 201 cm³/mol. The number of aromatic amines is 1. The van der Waals surface area contributed by atoms with Crippen molar-refractivity contribution < 1.29 is 27.5 Å². The molecule has 2 aromatic heterocycles. The van der Waals surface area contributed by atoms with Gasteiger partial charge in [0.25, 0.3) is 5.91 Å². The van der Waals surface area contributed by atoms with Crippen LogP contribution in [-0.2, 0) is 21.5 Å². The summed E-state index contributed by atoms with van der Waals surface area (Å²) in [5.74, 6) is -0.0991. The summed E-state index contributed by atoms with van der Waals surface area (Å²) in [7, 11) is 0. The molecule has 2 saturated heterocycles. The molecule has 5 N–H and O–H groups in total. The maximum atomic E-state index is 13.3. The molecule has 292 valence electrons. The molecule has 13 nitrogen and oxygen atoms in total. The molecule has 0 aliphatic carbocycles. The molecular weight excluding hydrogens is 701 g/mol. The van der Waals surface area contributed by atoms with Gasteiger partial charge >= 0.3 is 12.3 Å². The number of rotatable bonds is 10. The Morgan fingerprint density at radius 3 is 2.30 bits per heavy atom. The fraction of sp³-hybridized carbons (Fsp3) is 0.526. The molecule has 16 heteroatoms. The van der Waals surface area contributed by atoms with Gasteiger partial charge in [0.1, 0.15) is 22.7 Å². The number of hydrogen-bond donors (Lipinski definition) is 4. The first kappa shape index (κ1) is 40.2. The molecule has 2 fully saturated rings. The van der Waals surface area contributed by atoms with Crippen molar-refractivity contribution in [2.45, 2.75) is 103 Å². The second kappa shape index (κ2) is 16.6. The van der Waals surface area contributed by atoms with Crippen LogP contribution in [0.2, 0.25) is 0 Å². The van der Waals surface area contributed by atoms with Crippen LogP contribution in [0.25, 0.3) is 11.1 Å². The van der Waals surface area contributed by atoms with E-state index in [2.05, 4.69) is 40.7 Å². The van der Waals surface area contributed by atoms with E-state index in [1.54, 1.807) is 0 Å². The van der Waals surface area contributed by atoms with E-state index >= 15 is 0 Å². The second-order valence-electron chi connectivity index (χ2n) is 15.4. The molecule has 2 amide bonds. The summed E-state index contributed by atoms with van der Waals surface area (Å²) in [6.07, 6.45) is 3.48. The lowest BCUT2D eigenvalue weighted by Gasteiger charge is -2.42. The third kappa shape index (κ3) is 10.2. The van der Waals surface area contributed by atoms with E-state index in [1.807, 2.05) is 69.1 Å². The number of H-pyrrole nitrogens is 1. The van der Waals surface area contributed by atoms with Gasteiger partial charge in [-0.2, -0.15) is 18.3 Å². The molecule has 0 unspecified atom stereocenters. The molecule has 0 atom stereocenters. The van der Waals surface area contributed by atoms with Crippen LogP contribution >= 0.6 is 0 Å². The number of anilines is 1. The first-order valence-corrected chi connectivity index (χ1v) is 18.2. The average molecular weight is 753 g/mol. The summed E-state index contributed by atoms with van der Waals surface area (Å²) in [5, 5.41) is 12.3. The number of aromatic nitrogens is 4. The Morgan fingerprint density at radius 2 is 1.70 bits per heavy atom. The van der Waals surface area contributed by atoms with Gasteiger partial charge in [-0.05, 0) is 103 Å². The molecule has 4 heterocycles. The highest BCUT2D eigenvalue weighted by atomic mass is 19.4. The number of amides is 2. The van der Waals surface area contributed by atoms with E-state index in [1.165, 1.54) is 6.21 Å². The lowest BCUT2D eigenvalue weighted by molar-refractivity contribution is -0.182. The third-order valence-corrected chi connectivity index (χ3v) is 9.81. The molecular formula is C38H51F3N10O3. The number of benzene rings is 1. The summed E-state index contributed by atoms with van der Waals surface area (Å²) in [5.41, 5.74) is 6.42. The average Bonchev–Trinajstić information content (AvgIpc) is 3.61. The molecule has 2 aliphatic rings. The topological polar surface area (TPSA) is 167 Å². The Morgan fingerprint density at radius 1 is 1.02 bits per heavy atom. The van der Waals surface area contributed by atoms with Crippen molar-refractivity contribution in [3.8, 4) is 11.1 Å². The minimum Gasteiger partial charge on any atom is -0.444 e. The van der Waals surface area contributed by atoms with Gasteiger partial charge in [-0.3, -0.25) is 14.9 Å². The van der Waals surface area contributed by atoms with Gasteiger partial charge in [-0.1, -0.05) is 6.07 Å². The summed E-state index contributed by atoms with van der Waals surface area (Å²) in [6, 6.07) is 10.6. The van der Waals surface area contributed by atoms with Crippen LogP contribution in [0.15, 0.2) is 53.3 Å². The second-order valence-corrected chi connectivity index (χ2v) is 15.4. The summed E-state index contributed by atoms with van der Waals surface area (Å²) >= 11 is 0. The number of pyridine rings is 1. The van der Waals surface area contributed by atoms with Gasteiger partial charge < -0.3 is 30.9 Å². The predicted octanol–water partition coefficient (Wildman–Crippen LogP) is 6.15. The van der Waals surface area contributed by atoms with E-state index < -0.39 is 28.9 Å². The number of nitrogens with one attached hydrogen (secondary N) is 3. The number of hydrogen-bond acceptors (Lipinski definition) is 10. The number of carbonyl (C=O) groups excluding carboxylic acids is 2. The largest absolute Gasteiger partial charge is 0.444 e. The van der Waals surface area contributed by atoms with E-state index in [-0.39, 0.29) is 24.0 Å². The van der Waals surface area contributed by atoms with Crippen molar-refractivity contribution >= 4 is 29.7 Å². The molecule has 2 aliphatic heterocycles. The molecule has 1 aromatic carbocycles. The van der Waals surface area contributed by atoms with E-state index in [4.69, 9.17) is 10.5 Å². The summed E-state index contributed by atoms with van der Waals surface area (Å²) in [6.45, 7) is 12.8. The van der Waals surface area contributed by atoms with Crippen molar-refractivity contribution in [3.05, 3.63) is 65.5 Å². The third-order valence-electron chi connectivity index (χ3n) is 9.81. The first-order valence-electron chi connectivity index (χ1n) is 18.2. The lowest BCUT2D eigenvalue weighted by atomic mass is 9.92. The van der Waals surface area contributed by atoms with Crippen LogP contribution in [-0.4, -0.2) is 98.2 Å². The number of aryl methyl sites for hydroxylation is 1. The van der Waals surface area contributed by atoms with Crippen molar-refractivity contribution in [2.24, 2.45) is 10.7 Å². The normalized spacial score (nSPS) is 17.2. The minimum atomic E-state index is -4.54. The van der Waals surface area contributed by atoms with Crippen LogP contribution in [0.1, 0.15) is 77.5 Å². The molecule has 0 saturated carbocycles. The van der Waals surface area contributed by atoms with E-state index in [9.17, 15) is 22.8 Å². The van der Waals surface area contributed by atoms with Gasteiger partial charge in [0.2, 0.25) is 0 Å². The van der Waals surface area contributed by atoms with Crippen molar-refractivity contribution in [1.29, 1.82) is 0 Å². The summed E-state index contributed by atoms with van der Waals surface area (Å²) in [4.78, 5) is 42.6. The maximum absolute atomic E-state index is 13.3. The minimum absolute atomic E-state index is 0.0624. The fourth-order valence-electron chi connectivity index (χ4n) is 6.35. The monoisotopic (exact) mass is 752 g/mol. The Kier molecular flexibility index (Phi) is 12.3. The quantitative estimate of drug-likeness (QED) is 0.140. The van der Waals surface area contributed by atoms with Crippen LogP contribution in [0.3, 0.4) is 0 Å². The number of carbonyl (C=O) groups is 2. The van der Waals surface area contributed by atoms with Crippen molar-refractivity contribution in [1.82, 2.24) is 35.3 Å². The van der Waals surface area contributed by atoms with E-state index in [0.29, 0.717) is 17.8 Å². The highest BCUT2D eigenvalue weighted by Crippen LogP contribution is 2.38. The Labute approximate surface area is 314 Å². The van der Waals surface area contributed by atoms with Crippen molar-refractivity contribution in [3.63, 3.8) is 0 Å². The number of piperidine rings is 2. The molecule has 54 heavy (non-hydrogen) atoms. The van der Waals surface area contributed by atoms with Crippen LogP contribution in [0.5, 0.6) is 0 Å².